The maximum atomic E-state index is 12.0. The number of aromatic nitrogens is 3. The van der Waals surface area contributed by atoms with E-state index in [4.69, 9.17) is 11.6 Å². The predicted octanol–water partition coefficient (Wildman–Crippen LogP) is 2.02. The molecule has 2 fully saturated rings. The Kier molecular flexibility index (Phi) is 4.24. The van der Waals surface area contributed by atoms with Crippen molar-refractivity contribution >= 4 is 17.5 Å². The number of amides is 1. The van der Waals surface area contributed by atoms with Gasteiger partial charge in [-0.25, -0.2) is 9.67 Å². The van der Waals surface area contributed by atoms with Crippen LogP contribution in [0.1, 0.15) is 24.8 Å². The lowest BCUT2D eigenvalue weighted by Crippen LogP contribution is -2.59. The Morgan fingerprint density at radius 1 is 1.33 bits per heavy atom. The summed E-state index contributed by atoms with van der Waals surface area (Å²) < 4.78 is 1.73. The Morgan fingerprint density at radius 3 is 2.83 bits per heavy atom. The third-order valence-corrected chi connectivity index (χ3v) is 5.12. The van der Waals surface area contributed by atoms with E-state index in [9.17, 15) is 4.79 Å². The maximum Gasteiger partial charge on any atom is 0.223 e. The van der Waals surface area contributed by atoms with Crippen LogP contribution >= 0.6 is 11.6 Å². The third-order valence-electron chi connectivity index (χ3n) is 4.89. The van der Waals surface area contributed by atoms with E-state index in [1.54, 1.807) is 11.0 Å². The van der Waals surface area contributed by atoms with E-state index in [-0.39, 0.29) is 17.9 Å². The Bertz CT molecular complexity index is 723. The number of benzene rings is 1. The first-order valence-corrected chi connectivity index (χ1v) is 8.73. The zero-order chi connectivity index (χ0) is 16.5. The second kappa shape index (κ2) is 6.53. The number of carbonyl (C=O) groups is 1. The van der Waals surface area contributed by atoms with Crippen molar-refractivity contribution in [2.24, 2.45) is 5.92 Å². The van der Waals surface area contributed by atoms with Gasteiger partial charge in [-0.1, -0.05) is 24.1 Å². The van der Waals surface area contributed by atoms with Crippen molar-refractivity contribution in [2.75, 3.05) is 13.1 Å². The number of rotatable bonds is 5. The van der Waals surface area contributed by atoms with Crippen molar-refractivity contribution in [1.29, 1.82) is 0 Å². The lowest BCUT2D eigenvalue weighted by Gasteiger charge is -2.41. The normalized spacial score (nSPS) is 18.9. The van der Waals surface area contributed by atoms with E-state index in [2.05, 4.69) is 20.3 Å². The summed E-state index contributed by atoms with van der Waals surface area (Å²) in [7, 11) is 0. The molecule has 1 aromatic heterocycles. The van der Waals surface area contributed by atoms with Crippen molar-refractivity contribution in [3.63, 3.8) is 0 Å². The molecule has 1 aliphatic carbocycles. The molecule has 0 spiro atoms. The van der Waals surface area contributed by atoms with E-state index >= 15 is 0 Å². The van der Waals surface area contributed by atoms with E-state index < -0.39 is 0 Å². The SMILES string of the molecule is O=C(NC1CN(Cc2ccc(Cl)cc2-n2cncn2)C1)C1CCC1. The number of nitrogens with one attached hydrogen (secondary N) is 1. The summed E-state index contributed by atoms with van der Waals surface area (Å²) in [5.74, 6) is 0.495. The average Bonchev–Trinajstić information content (AvgIpc) is 2.98. The van der Waals surface area contributed by atoms with Crippen LogP contribution in [0, 0.1) is 5.92 Å². The monoisotopic (exact) mass is 345 g/mol. The highest BCUT2D eigenvalue weighted by molar-refractivity contribution is 6.30. The molecule has 0 radical (unpaired) electrons. The van der Waals surface area contributed by atoms with Gasteiger partial charge >= 0.3 is 0 Å². The van der Waals surface area contributed by atoms with Gasteiger partial charge in [-0.15, -0.1) is 0 Å². The summed E-state index contributed by atoms with van der Waals surface area (Å²) in [5, 5.41) is 8.04. The minimum Gasteiger partial charge on any atom is -0.351 e. The summed E-state index contributed by atoms with van der Waals surface area (Å²) in [6.45, 7) is 2.58. The number of nitrogens with zero attached hydrogens (tertiary/aromatic N) is 4. The standard InChI is InChI=1S/C17H20ClN5O/c18-14-5-4-13(16(6-14)23-11-19-10-20-23)7-22-8-15(9-22)21-17(24)12-2-1-3-12/h4-6,10-12,15H,1-3,7-9H2,(H,21,24). The van der Waals surface area contributed by atoms with Crippen LogP contribution in [0.3, 0.4) is 0 Å². The Hall–Kier alpha value is -1.92. The molecule has 1 aliphatic heterocycles. The van der Waals surface area contributed by atoms with Crippen molar-refractivity contribution in [3.8, 4) is 5.69 Å². The molecule has 1 saturated heterocycles. The van der Waals surface area contributed by atoms with Crippen molar-refractivity contribution in [2.45, 2.75) is 31.8 Å². The largest absolute Gasteiger partial charge is 0.351 e. The Labute approximate surface area is 145 Å². The van der Waals surface area contributed by atoms with Crippen molar-refractivity contribution in [1.82, 2.24) is 25.0 Å². The van der Waals surface area contributed by atoms with Gasteiger partial charge in [0.1, 0.15) is 12.7 Å². The molecule has 2 heterocycles. The lowest BCUT2D eigenvalue weighted by atomic mass is 9.84. The molecule has 1 aromatic carbocycles. The maximum absolute atomic E-state index is 12.0. The molecule has 6 nitrogen and oxygen atoms in total. The highest BCUT2D eigenvalue weighted by atomic mass is 35.5. The minimum absolute atomic E-state index is 0.237. The zero-order valence-electron chi connectivity index (χ0n) is 13.4. The average molecular weight is 346 g/mol. The first-order chi connectivity index (χ1) is 11.7. The van der Waals surface area contributed by atoms with Gasteiger partial charge in [0.25, 0.3) is 0 Å². The first-order valence-electron chi connectivity index (χ1n) is 8.35. The summed E-state index contributed by atoms with van der Waals surface area (Å²) in [5.41, 5.74) is 2.09. The van der Waals surface area contributed by atoms with Gasteiger partial charge in [-0.3, -0.25) is 9.69 Å². The van der Waals surface area contributed by atoms with Gasteiger partial charge in [0, 0.05) is 30.6 Å². The van der Waals surface area contributed by atoms with Crippen LogP contribution in [0.5, 0.6) is 0 Å². The van der Waals surface area contributed by atoms with Gasteiger partial charge < -0.3 is 5.32 Å². The van der Waals surface area contributed by atoms with Gasteiger partial charge in [0.2, 0.25) is 5.91 Å². The molecule has 0 bridgehead atoms. The zero-order valence-corrected chi connectivity index (χ0v) is 14.1. The second-order valence-corrected chi connectivity index (χ2v) is 7.08. The van der Waals surface area contributed by atoms with Gasteiger partial charge in [-0.2, -0.15) is 5.10 Å². The first kappa shape index (κ1) is 15.6. The summed E-state index contributed by atoms with van der Waals surface area (Å²) >= 11 is 6.12. The smallest absolute Gasteiger partial charge is 0.223 e. The van der Waals surface area contributed by atoms with E-state index in [1.165, 1.54) is 12.7 Å². The highest BCUT2D eigenvalue weighted by Crippen LogP contribution is 2.27. The molecule has 0 atom stereocenters. The van der Waals surface area contributed by atoms with E-state index in [0.29, 0.717) is 5.02 Å². The molecule has 1 amide bonds. The predicted molar refractivity (Wildman–Crippen MR) is 90.9 cm³/mol. The number of likely N-dealkylation sites (tertiary alicyclic amines) is 1. The molecule has 7 heteroatoms. The number of halogens is 1. The van der Waals surface area contributed by atoms with Gasteiger partial charge in [0.05, 0.1) is 11.7 Å². The van der Waals surface area contributed by atoms with Crippen LogP contribution < -0.4 is 5.32 Å². The van der Waals surface area contributed by atoms with E-state index in [1.807, 2.05) is 18.2 Å². The van der Waals surface area contributed by atoms with Crippen LogP contribution in [0.2, 0.25) is 5.02 Å². The topological polar surface area (TPSA) is 63.1 Å². The second-order valence-electron chi connectivity index (χ2n) is 6.64. The molecule has 126 valence electrons. The molecule has 2 aromatic rings. The summed E-state index contributed by atoms with van der Waals surface area (Å²) in [6, 6.07) is 6.11. The minimum atomic E-state index is 0.237. The molecule has 2 aliphatic rings. The fourth-order valence-electron chi connectivity index (χ4n) is 3.24. The molecule has 0 unspecified atom stereocenters. The van der Waals surface area contributed by atoms with Crippen molar-refractivity contribution in [3.05, 3.63) is 41.4 Å². The Balaban J connectivity index is 1.36. The Morgan fingerprint density at radius 2 is 2.17 bits per heavy atom. The van der Waals surface area contributed by atoms with Crippen LogP contribution in [0.25, 0.3) is 5.69 Å². The summed E-state index contributed by atoms with van der Waals surface area (Å²) in [6.07, 6.45) is 6.48. The molecule has 1 saturated carbocycles. The molecule has 4 rings (SSSR count). The van der Waals surface area contributed by atoms with Crippen molar-refractivity contribution < 1.29 is 4.79 Å². The molecule has 1 N–H and O–H groups in total. The van der Waals surface area contributed by atoms with E-state index in [0.717, 1.165) is 43.7 Å². The number of hydrogen-bond donors (Lipinski definition) is 1. The molecular weight excluding hydrogens is 326 g/mol. The van der Waals surface area contributed by atoms with Gasteiger partial charge in [0.15, 0.2) is 0 Å². The molecule has 24 heavy (non-hydrogen) atoms. The quantitative estimate of drug-likeness (QED) is 0.900. The summed E-state index contributed by atoms with van der Waals surface area (Å²) in [4.78, 5) is 18.3. The number of hydrogen-bond acceptors (Lipinski definition) is 4. The third kappa shape index (κ3) is 3.16. The fraction of sp³-hybridized carbons (Fsp3) is 0.471. The fourth-order valence-corrected chi connectivity index (χ4v) is 3.40. The molecular formula is C17H20ClN5O. The van der Waals surface area contributed by atoms with Crippen LogP contribution in [-0.2, 0) is 11.3 Å². The van der Waals surface area contributed by atoms with Crippen LogP contribution in [0.4, 0.5) is 0 Å². The van der Waals surface area contributed by atoms with Crippen LogP contribution in [-0.4, -0.2) is 44.7 Å². The number of carbonyl (C=O) groups excluding carboxylic acids is 1. The highest BCUT2D eigenvalue weighted by Gasteiger charge is 2.32. The lowest BCUT2D eigenvalue weighted by molar-refractivity contribution is -0.129. The van der Waals surface area contributed by atoms with Gasteiger partial charge in [-0.05, 0) is 30.5 Å². The van der Waals surface area contributed by atoms with Crippen LogP contribution in [0.15, 0.2) is 30.9 Å².